The van der Waals surface area contributed by atoms with Gasteiger partial charge in [-0.1, -0.05) is 65.7 Å². The van der Waals surface area contributed by atoms with E-state index in [0.29, 0.717) is 4.31 Å². The molecule has 3 aromatic rings. The Labute approximate surface area is 164 Å². The van der Waals surface area contributed by atoms with Gasteiger partial charge in [-0.2, -0.15) is 4.31 Å². The smallest absolute Gasteiger partial charge is 0.283 e. The Morgan fingerprint density at radius 1 is 0.714 bits per heavy atom. The normalized spacial score (nSPS) is 11.1. The van der Waals surface area contributed by atoms with Crippen molar-refractivity contribution < 1.29 is 18.0 Å². The molecule has 0 bridgehead atoms. The lowest BCUT2D eigenvalue weighted by atomic mass is 10.1. The van der Waals surface area contributed by atoms with Crippen molar-refractivity contribution in [1.82, 2.24) is 0 Å². The van der Waals surface area contributed by atoms with Crippen molar-refractivity contribution in [3.8, 4) is 0 Å². The summed E-state index contributed by atoms with van der Waals surface area (Å²) >= 11 is 0. The maximum atomic E-state index is 13.3. The van der Waals surface area contributed by atoms with Crippen LogP contribution in [0.3, 0.4) is 0 Å². The van der Waals surface area contributed by atoms with E-state index in [2.05, 4.69) is 0 Å². The van der Waals surface area contributed by atoms with Gasteiger partial charge >= 0.3 is 5.91 Å². The molecule has 0 aliphatic rings. The number of Topliss-reactive ketones (excluding diaryl/α,β-unsaturated/α-hetero) is 1. The Bertz CT molecular complexity index is 1100. The highest BCUT2D eigenvalue weighted by molar-refractivity contribution is 7.93. The number of hydrogen-bond donors (Lipinski definition) is 0. The molecule has 0 heterocycles. The number of aryl methyl sites for hydroxylation is 2. The maximum Gasteiger partial charge on any atom is 0.313 e. The summed E-state index contributed by atoms with van der Waals surface area (Å²) in [5, 5.41) is 0. The van der Waals surface area contributed by atoms with Gasteiger partial charge in [0.25, 0.3) is 15.8 Å². The van der Waals surface area contributed by atoms with Crippen LogP contribution in [0.4, 0.5) is 5.69 Å². The van der Waals surface area contributed by atoms with Crippen LogP contribution in [0.25, 0.3) is 0 Å². The molecule has 0 atom stereocenters. The molecule has 3 rings (SSSR count). The molecule has 0 saturated carbocycles. The molecule has 0 fully saturated rings. The zero-order valence-electron chi connectivity index (χ0n) is 15.5. The van der Waals surface area contributed by atoms with Gasteiger partial charge in [0.1, 0.15) is 0 Å². The SMILES string of the molecule is Cc1ccc(N(C(=O)C(=O)c2ccccc2)S(=O)(=O)c2ccc(C)cc2)cc1. The van der Waals surface area contributed by atoms with Crippen molar-refractivity contribution in [1.29, 1.82) is 0 Å². The fourth-order valence-corrected chi connectivity index (χ4v) is 4.06. The minimum Gasteiger partial charge on any atom is -0.283 e. The quantitative estimate of drug-likeness (QED) is 0.487. The number of sulfonamides is 1. The zero-order valence-corrected chi connectivity index (χ0v) is 16.3. The van der Waals surface area contributed by atoms with Gasteiger partial charge in [-0.25, -0.2) is 8.42 Å². The largest absolute Gasteiger partial charge is 0.313 e. The first-order valence-corrected chi connectivity index (χ1v) is 10.1. The van der Waals surface area contributed by atoms with Gasteiger partial charge in [-0.05, 0) is 38.1 Å². The minimum absolute atomic E-state index is 0.0621. The van der Waals surface area contributed by atoms with Gasteiger partial charge in [0, 0.05) is 5.56 Å². The summed E-state index contributed by atoms with van der Waals surface area (Å²) in [7, 11) is -4.27. The van der Waals surface area contributed by atoms with Crippen molar-refractivity contribution in [2.24, 2.45) is 0 Å². The van der Waals surface area contributed by atoms with Crippen molar-refractivity contribution >= 4 is 27.4 Å². The van der Waals surface area contributed by atoms with Crippen LogP contribution in [0.15, 0.2) is 83.8 Å². The highest BCUT2D eigenvalue weighted by atomic mass is 32.2. The third kappa shape index (κ3) is 3.87. The summed E-state index contributed by atoms with van der Waals surface area (Å²) in [4.78, 5) is 25.7. The van der Waals surface area contributed by atoms with Gasteiger partial charge in [0.2, 0.25) is 0 Å². The molecule has 0 unspecified atom stereocenters. The summed E-state index contributed by atoms with van der Waals surface area (Å²) in [6.45, 7) is 3.68. The summed E-state index contributed by atoms with van der Waals surface area (Å²) < 4.78 is 27.1. The number of benzene rings is 3. The van der Waals surface area contributed by atoms with Crippen molar-refractivity contribution in [3.05, 3.63) is 95.6 Å². The molecule has 0 radical (unpaired) electrons. The summed E-state index contributed by atoms with van der Waals surface area (Å²) in [5.41, 5.74) is 2.02. The fraction of sp³-hybridized carbons (Fsp3) is 0.0909. The summed E-state index contributed by atoms with van der Waals surface area (Å²) in [5.74, 6) is -2.02. The molecular weight excluding hydrogens is 374 g/mol. The Morgan fingerprint density at radius 3 is 1.75 bits per heavy atom. The number of nitrogens with zero attached hydrogens (tertiary/aromatic N) is 1. The van der Waals surface area contributed by atoms with E-state index < -0.39 is 21.7 Å². The first-order chi connectivity index (χ1) is 13.3. The average Bonchev–Trinajstić information content (AvgIpc) is 2.70. The van der Waals surface area contributed by atoms with Crippen LogP contribution in [0.1, 0.15) is 21.5 Å². The number of amides is 1. The topological polar surface area (TPSA) is 71.5 Å². The van der Waals surface area contributed by atoms with E-state index in [1.54, 1.807) is 42.5 Å². The lowest BCUT2D eigenvalue weighted by Gasteiger charge is -2.22. The monoisotopic (exact) mass is 393 g/mol. The molecular formula is C22H19NO4S. The number of hydrogen-bond acceptors (Lipinski definition) is 4. The molecule has 0 aromatic heterocycles. The third-order valence-electron chi connectivity index (χ3n) is 4.24. The Balaban J connectivity index is 2.12. The van der Waals surface area contributed by atoms with E-state index in [4.69, 9.17) is 0 Å². The third-order valence-corrected chi connectivity index (χ3v) is 5.97. The summed E-state index contributed by atoms with van der Waals surface area (Å²) in [6.07, 6.45) is 0. The second-order valence-corrected chi connectivity index (χ2v) is 8.21. The average molecular weight is 393 g/mol. The van der Waals surface area contributed by atoms with E-state index in [1.165, 1.54) is 36.4 Å². The molecule has 142 valence electrons. The number of carbonyl (C=O) groups is 2. The van der Waals surface area contributed by atoms with Crippen LogP contribution in [0, 0.1) is 13.8 Å². The Morgan fingerprint density at radius 2 is 1.21 bits per heavy atom. The highest BCUT2D eigenvalue weighted by Crippen LogP contribution is 2.25. The van der Waals surface area contributed by atoms with Crippen LogP contribution < -0.4 is 4.31 Å². The van der Waals surface area contributed by atoms with E-state index >= 15 is 0 Å². The van der Waals surface area contributed by atoms with Gasteiger partial charge in [0.05, 0.1) is 10.6 Å². The van der Waals surface area contributed by atoms with E-state index in [9.17, 15) is 18.0 Å². The van der Waals surface area contributed by atoms with E-state index in [1.807, 2.05) is 13.8 Å². The molecule has 0 spiro atoms. The van der Waals surface area contributed by atoms with E-state index in [-0.39, 0.29) is 16.1 Å². The van der Waals surface area contributed by atoms with Crippen LogP contribution >= 0.6 is 0 Å². The van der Waals surface area contributed by atoms with E-state index in [0.717, 1.165) is 11.1 Å². The summed E-state index contributed by atoms with van der Waals surface area (Å²) in [6, 6.07) is 20.4. The van der Waals surface area contributed by atoms with Crippen LogP contribution in [-0.4, -0.2) is 20.1 Å². The standard InChI is InChI=1S/C22H19NO4S/c1-16-8-12-19(13-9-16)23(22(25)21(24)18-6-4-3-5-7-18)28(26,27)20-14-10-17(2)11-15-20/h3-15H,1-2H3. The van der Waals surface area contributed by atoms with Crippen molar-refractivity contribution in [2.75, 3.05) is 4.31 Å². The lowest BCUT2D eigenvalue weighted by molar-refractivity contribution is -0.113. The number of anilines is 1. The van der Waals surface area contributed by atoms with Crippen molar-refractivity contribution in [3.63, 3.8) is 0 Å². The highest BCUT2D eigenvalue weighted by Gasteiger charge is 2.35. The molecule has 0 aliphatic heterocycles. The Hall–Kier alpha value is -3.25. The minimum atomic E-state index is -4.27. The lowest BCUT2D eigenvalue weighted by Crippen LogP contribution is -2.41. The molecule has 0 saturated heterocycles. The van der Waals surface area contributed by atoms with Gasteiger partial charge in [-0.15, -0.1) is 0 Å². The van der Waals surface area contributed by atoms with Crippen LogP contribution in [0.5, 0.6) is 0 Å². The second kappa shape index (κ2) is 7.78. The molecule has 28 heavy (non-hydrogen) atoms. The predicted octanol–water partition coefficient (Wildman–Crippen LogP) is 3.91. The number of rotatable bonds is 5. The first kappa shape index (κ1) is 19.5. The zero-order chi connectivity index (χ0) is 20.3. The van der Waals surface area contributed by atoms with Gasteiger partial charge < -0.3 is 0 Å². The number of carbonyl (C=O) groups excluding carboxylic acids is 2. The van der Waals surface area contributed by atoms with Gasteiger partial charge in [-0.3, -0.25) is 9.59 Å². The van der Waals surface area contributed by atoms with Crippen LogP contribution in [0.2, 0.25) is 0 Å². The molecule has 1 amide bonds. The first-order valence-electron chi connectivity index (χ1n) is 8.63. The number of ketones is 1. The molecule has 3 aromatic carbocycles. The van der Waals surface area contributed by atoms with Gasteiger partial charge in [0.15, 0.2) is 0 Å². The molecule has 0 aliphatic carbocycles. The molecule has 6 heteroatoms. The predicted molar refractivity (Wildman–Crippen MR) is 108 cm³/mol. The maximum absolute atomic E-state index is 13.3. The second-order valence-electron chi connectivity index (χ2n) is 6.42. The van der Waals surface area contributed by atoms with Crippen LogP contribution in [-0.2, 0) is 14.8 Å². The fourth-order valence-electron chi connectivity index (χ4n) is 2.67. The molecule has 5 nitrogen and oxygen atoms in total. The Kier molecular flexibility index (Phi) is 5.42. The van der Waals surface area contributed by atoms with Crippen molar-refractivity contribution in [2.45, 2.75) is 18.7 Å². The molecule has 0 N–H and O–H groups in total.